The van der Waals surface area contributed by atoms with Gasteiger partial charge >= 0.3 is 12.2 Å². The van der Waals surface area contributed by atoms with Crippen molar-refractivity contribution in [3.05, 3.63) is 58.6 Å². The van der Waals surface area contributed by atoms with E-state index in [0.717, 1.165) is 17.7 Å². The van der Waals surface area contributed by atoms with Crippen LogP contribution < -0.4 is 10.6 Å². The fourth-order valence-electron chi connectivity index (χ4n) is 2.22. The second-order valence-corrected chi connectivity index (χ2v) is 5.92. The molecule has 0 heterocycles. The first-order valence-electron chi connectivity index (χ1n) is 7.22. The fraction of sp³-hybridized carbons (Fsp3) is 0.235. The number of para-hydroxylation sites is 1. The van der Waals surface area contributed by atoms with Crippen LogP contribution in [0, 0.1) is 0 Å². The van der Waals surface area contributed by atoms with Gasteiger partial charge in [-0.05, 0) is 35.7 Å². The predicted octanol–water partition coefficient (Wildman–Crippen LogP) is 6.13. The number of nitrogens with one attached hydrogen (secondary N) is 2. The molecule has 2 rings (SSSR count). The zero-order valence-electron chi connectivity index (χ0n) is 13.0. The molecule has 2 aromatic rings. The van der Waals surface area contributed by atoms with Gasteiger partial charge in [0.05, 0.1) is 10.6 Å². The number of hydrogen-bond donors (Lipinski definition) is 2. The summed E-state index contributed by atoms with van der Waals surface area (Å²) in [5, 5.41) is 4.62. The van der Waals surface area contributed by atoms with Gasteiger partial charge in [0.15, 0.2) is 0 Å². The van der Waals surface area contributed by atoms with Crippen LogP contribution in [0.2, 0.25) is 5.02 Å². The Labute approximate surface area is 142 Å². The van der Waals surface area contributed by atoms with E-state index in [9.17, 15) is 18.0 Å². The van der Waals surface area contributed by atoms with Crippen molar-refractivity contribution in [3.8, 4) is 0 Å². The van der Waals surface area contributed by atoms with Crippen molar-refractivity contribution in [2.75, 3.05) is 10.6 Å². The summed E-state index contributed by atoms with van der Waals surface area (Å²) in [6.45, 7) is 3.96. The minimum atomic E-state index is -4.59. The largest absolute Gasteiger partial charge is 0.417 e. The summed E-state index contributed by atoms with van der Waals surface area (Å²) in [5.74, 6) is 0.189. The molecule has 3 nitrogen and oxygen atoms in total. The number of anilines is 2. The summed E-state index contributed by atoms with van der Waals surface area (Å²) < 4.78 is 38.5. The second-order valence-electron chi connectivity index (χ2n) is 5.51. The van der Waals surface area contributed by atoms with Gasteiger partial charge in [0, 0.05) is 11.4 Å². The Morgan fingerprint density at radius 2 is 1.75 bits per heavy atom. The van der Waals surface area contributed by atoms with Gasteiger partial charge in [0.2, 0.25) is 0 Å². The smallest absolute Gasteiger partial charge is 0.308 e. The van der Waals surface area contributed by atoms with Crippen molar-refractivity contribution in [3.63, 3.8) is 0 Å². The third-order valence-corrected chi connectivity index (χ3v) is 3.69. The molecule has 0 aromatic heterocycles. The highest BCUT2D eigenvalue weighted by Gasteiger charge is 2.33. The first-order chi connectivity index (χ1) is 11.2. The van der Waals surface area contributed by atoms with Crippen LogP contribution in [0.3, 0.4) is 0 Å². The molecule has 2 aromatic carbocycles. The van der Waals surface area contributed by atoms with Gasteiger partial charge in [0.25, 0.3) is 0 Å². The molecule has 128 valence electrons. The third kappa shape index (κ3) is 4.41. The van der Waals surface area contributed by atoms with E-state index in [-0.39, 0.29) is 11.6 Å². The lowest BCUT2D eigenvalue weighted by atomic mass is 10.0. The molecule has 0 aliphatic rings. The topological polar surface area (TPSA) is 41.1 Å². The molecule has 0 saturated heterocycles. The van der Waals surface area contributed by atoms with Crippen molar-refractivity contribution < 1.29 is 18.0 Å². The Morgan fingerprint density at radius 3 is 2.38 bits per heavy atom. The molecule has 0 fully saturated rings. The minimum Gasteiger partial charge on any atom is -0.308 e. The van der Waals surface area contributed by atoms with E-state index in [1.165, 1.54) is 6.07 Å². The third-order valence-electron chi connectivity index (χ3n) is 3.36. The monoisotopic (exact) mass is 356 g/mol. The van der Waals surface area contributed by atoms with E-state index in [1.807, 2.05) is 26.0 Å². The highest BCUT2D eigenvalue weighted by Crippen LogP contribution is 2.36. The maximum Gasteiger partial charge on any atom is 0.417 e. The second kappa shape index (κ2) is 7.13. The molecule has 0 saturated carbocycles. The van der Waals surface area contributed by atoms with Crippen LogP contribution in [0.4, 0.5) is 29.3 Å². The maximum absolute atomic E-state index is 12.8. The van der Waals surface area contributed by atoms with Gasteiger partial charge in [-0.15, -0.1) is 0 Å². The molecule has 2 N–H and O–H groups in total. The lowest BCUT2D eigenvalue weighted by Gasteiger charge is -2.15. The molecular formula is C17H16ClF3N2O. The molecule has 2 amide bonds. The van der Waals surface area contributed by atoms with Crippen LogP contribution in [0.5, 0.6) is 0 Å². The first kappa shape index (κ1) is 18.1. The summed E-state index contributed by atoms with van der Waals surface area (Å²) in [6.07, 6.45) is -4.59. The standard InChI is InChI=1S/C17H16ClF3N2O/c1-10(2)12-5-3-4-6-15(12)23-16(24)22-11-7-8-14(18)13(9-11)17(19,20)21/h3-10H,1-2H3,(H2,22,23,24). The summed E-state index contributed by atoms with van der Waals surface area (Å²) in [5.41, 5.74) is 0.547. The predicted molar refractivity (Wildman–Crippen MR) is 89.6 cm³/mol. The number of urea groups is 1. The molecular weight excluding hydrogens is 341 g/mol. The zero-order chi connectivity index (χ0) is 17.9. The lowest BCUT2D eigenvalue weighted by Crippen LogP contribution is -2.21. The summed E-state index contributed by atoms with van der Waals surface area (Å²) in [4.78, 5) is 12.1. The Bertz CT molecular complexity index is 745. The van der Waals surface area contributed by atoms with Gasteiger partial charge in [-0.25, -0.2) is 4.79 Å². The summed E-state index contributed by atoms with van der Waals surface area (Å²) in [6, 6.07) is 9.82. The summed E-state index contributed by atoms with van der Waals surface area (Å²) in [7, 11) is 0. The molecule has 24 heavy (non-hydrogen) atoms. The van der Waals surface area contributed by atoms with Gasteiger partial charge in [-0.2, -0.15) is 13.2 Å². The van der Waals surface area contributed by atoms with Gasteiger partial charge in [-0.1, -0.05) is 43.6 Å². The van der Waals surface area contributed by atoms with Crippen LogP contribution >= 0.6 is 11.6 Å². The molecule has 0 bridgehead atoms. The highest BCUT2D eigenvalue weighted by atomic mass is 35.5. The van der Waals surface area contributed by atoms with Crippen LogP contribution in [0.1, 0.15) is 30.9 Å². The number of carbonyl (C=O) groups excluding carboxylic acids is 1. The van der Waals surface area contributed by atoms with E-state index in [0.29, 0.717) is 5.69 Å². The quantitative estimate of drug-likeness (QED) is 0.682. The number of hydrogen-bond acceptors (Lipinski definition) is 1. The van der Waals surface area contributed by atoms with Crippen molar-refractivity contribution in [2.45, 2.75) is 25.9 Å². The number of benzene rings is 2. The Hall–Kier alpha value is -2.21. The van der Waals surface area contributed by atoms with E-state index < -0.39 is 22.8 Å². The Balaban J connectivity index is 2.17. The SMILES string of the molecule is CC(C)c1ccccc1NC(=O)Nc1ccc(Cl)c(C(F)(F)F)c1. The van der Waals surface area contributed by atoms with Gasteiger partial charge < -0.3 is 10.6 Å². The van der Waals surface area contributed by atoms with Gasteiger partial charge in [0.1, 0.15) is 0 Å². The molecule has 0 radical (unpaired) electrons. The maximum atomic E-state index is 12.8. The van der Waals surface area contributed by atoms with Crippen LogP contribution in [0.15, 0.2) is 42.5 Å². The number of alkyl halides is 3. The minimum absolute atomic E-state index is 0.00579. The number of amides is 2. The molecule has 0 spiro atoms. The van der Waals surface area contributed by atoms with Crippen molar-refractivity contribution >= 4 is 29.0 Å². The van der Waals surface area contributed by atoms with E-state index in [2.05, 4.69) is 10.6 Å². The molecule has 0 unspecified atom stereocenters. The van der Waals surface area contributed by atoms with E-state index in [1.54, 1.807) is 12.1 Å². The zero-order valence-corrected chi connectivity index (χ0v) is 13.8. The normalized spacial score (nSPS) is 11.5. The molecule has 0 atom stereocenters. The first-order valence-corrected chi connectivity index (χ1v) is 7.60. The van der Waals surface area contributed by atoms with Crippen molar-refractivity contribution in [1.29, 1.82) is 0 Å². The Kier molecular flexibility index (Phi) is 5.39. The number of rotatable bonds is 3. The van der Waals surface area contributed by atoms with Crippen LogP contribution in [0.25, 0.3) is 0 Å². The number of halogens is 4. The van der Waals surface area contributed by atoms with E-state index >= 15 is 0 Å². The van der Waals surface area contributed by atoms with E-state index in [4.69, 9.17) is 11.6 Å². The van der Waals surface area contributed by atoms with Crippen molar-refractivity contribution in [1.82, 2.24) is 0 Å². The molecule has 7 heteroatoms. The molecule has 0 aliphatic carbocycles. The number of carbonyl (C=O) groups is 1. The summed E-state index contributed by atoms with van der Waals surface area (Å²) >= 11 is 5.55. The average Bonchev–Trinajstić information content (AvgIpc) is 2.48. The lowest BCUT2D eigenvalue weighted by molar-refractivity contribution is -0.137. The Morgan fingerprint density at radius 1 is 1.08 bits per heavy atom. The van der Waals surface area contributed by atoms with Crippen LogP contribution in [-0.2, 0) is 6.18 Å². The average molecular weight is 357 g/mol. The molecule has 0 aliphatic heterocycles. The fourth-order valence-corrected chi connectivity index (χ4v) is 2.44. The van der Waals surface area contributed by atoms with Crippen molar-refractivity contribution in [2.24, 2.45) is 0 Å². The highest BCUT2D eigenvalue weighted by molar-refractivity contribution is 6.31. The van der Waals surface area contributed by atoms with Crippen LogP contribution in [-0.4, -0.2) is 6.03 Å². The van der Waals surface area contributed by atoms with Gasteiger partial charge in [-0.3, -0.25) is 0 Å².